The van der Waals surface area contributed by atoms with Gasteiger partial charge in [0.2, 0.25) is 0 Å². The molecular formula is C21H16BrClNO5S2-. The zero-order valence-electron chi connectivity index (χ0n) is 16.4. The number of thiocarbonyl (C=S) groups is 1. The quantitative estimate of drug-likeness (QED) is 0.387. The Morgan fingerprint density at radius 2 is 2.10 bits per heavy atom. The molecule has 0 radical (unpaired) electrons. The van der Waals surface area contributed by atoms with E-state index in [2.05, 4.69) is 15.9 Å². The fourth-order valence-electron chi connectivity index (χ4n) is 2.80. The van der Waals surface area contributed by atoms with Gasteiger partial charge in [0.05, 0.1) is 28.5 Å². The second-order valence-electron chi connectivity index (χ2n) is 6.46. The molecule has 10 heteroatoms. The summed E-state index contributed by atoms with van der Waals surface area (Å²) in [5.41, 5.74) is 1.48. The van der Waals surface area contributed by atoms with Crippen LogP contribution < -0.4 is 14.6 Å². The van der Waals surface area contributed by atoms with E-state index in [0.717, 1.165) is 22.2 Å². The summed E-state index contributed by atoms with van der Waals surface area (Å²) in [4.78, 5) is 25.1. The third kappa shape index (κ3) is 5.23. The van der Waals surface area contributed by atoms with Crippen molar-refractivity contribution in [2.45, 2.75) is 19.6 Å². The number of halogens is 2. The van der Waals surface area contributed by atoms with Crippen molar-refractivity contribution >= 4 is 73.8 Å². The molecule has 0 unspecified atom stereocenters. The van der Waals surface area contributed by atoms with Crippen molar-refractivity contribution in [1.82, 2.24) is 4.90 Å². The number of thioether (sulfide) groups is 1. The number of amides is 1. The van der Waals surface area contributed by atoms with Crippen molar-refractivity contribution in [3.63, 3.8) is 0 Å². The van der Waals surface area contributed by atoms with Gasteiger partial charge in [0.1, 0.15) is 10.9 Å². The fourth-order valence-corrected chi connectivity index (χ4v) is 4.98. The molecule has 0 saturated carbocycles. The summed E-state index contributed by atoms with van der Waals surface area (Å²) in [6.45, 7) is 1.60. The number of aliphatic carboxylic acids is 1. The molecule has 31 heavy (non-hydrogen) atoms. The van der Waals surface area contributed by atoms with E-state index in [-0.39, 0.29) is 10.9 Å². The predicted octanol–water partition coefficient (Wildman–Crippen LogP) is 4.03. The van der Waals surface area contributed by atoms with Crippen LogP contribution in [-0.2, 0) is 16.2 Å². The van der Waals surface area contributed by atoms with Crippen LogP contribution in [0.25, 0.3) is 6.08 Å². The van der Waals surface area contributed by atoms with Gasteiger partial charge in [-0.15, -0.1) is 0 Å². The lowest BCUT2D eigenvalue weighted by molar-refractivity contribution is -0.309. The summed E-state index contributed by atoms with van der Waals surface area (Å²) in [5, 5.41) is 11.8. The molecule has 2 aromatic carbocycles. The Bertz CT molecular complexity index is 1090. The van der Waals surface area contributed by atoms with E-state index in [1.807, 2.05) is 18.2 Å². The average Bonchev–Trinajstić information content (AvgIpc) is 3.00. The minimum atomic E-state index is -1.37. The largest absolute Gasteiger partial charge is 0.548 e. The van der Waals surface area contributed by atoms with Crippen molar-refractivity contribution < 1.29 is 24.2 Å². The van der Waals surface area contributed by atoms with Crippen LogP contribution >= 0.6 is 51.5 Å². The summed E-state index contributed by atoms with van der Waals surface area (Å²) in [6.07, 6.45) is 1.62. The number of rotatable bonds is 7. The van der Waals surface area contributed by atoms with Crippen LogP contribution in [0.1, 0.15) is 18.1 Å². The molecule has 1 aliphatic heterocycles. The van der Waals surface area contributed by atoms with E-state index in [1.54, 1.807) is 24.3 Å². The van der Waals surface area contributed by atoms with Crippen molar-refractivity contribution in [1.29, 1.82) is 0 Å². The van der Waals surface area contributed by atoms with E-state index in [4.69, 9.17) is 33.3 Å². The Kier molecular flexibility index (Phi) is 7.64. The zero-order valence-corrected chi connectivity index (χ0v) is 20.4. The molecule has 1 saturated heterocycles. The van der Waals surface area contributed by atoms with Crippen LogP contribution in [0.15, 0.2) is 45.8 Å². The number of nitrogens with zero attached hydrogens (tertiary/aromatic N) is 1. The molecule has 3 rings (SSSR count). The Balaban J connectivity index is 1.86. The highest BCUT2D eigenvalue weighted by Gasteiger charge is 2.35. The monoisotopic (exact) mass is 540 g/mol. The van der Waals surface area contributed by atoms with Crippen LogP contribution in [0.2, 0.25) is 5.02 Å². The second-order valence-corrected chi connectivity index (χ2v) is 9.40. The second kappa shape index (κ2) is 10.0. The Morgan fingerprint density at radius 1 is 1.39 bits per heavy atom. The minimum Gasteiger partial charge on any atom is -0.548 e. The smallest absolute Gasteiger partial charge is 0.266 e. The molecule has 0 aromatic heterocycles. The van der Waals surface area contributed by atoms with Crippen molar-refractivity contribution in [2.75, 3.05) is 7.11 Å². The molecule has 0 bridgehead atoms. The third-order valence-corrected chi connectivity index (χ3v) is 6.72. The van der Waals surface area contributed by atoms with E-state index >= 15 is 0 Å². The standard InChI is InChI=1S/C21H17BrClNO5S2/c1-11(20(26)27)24-19(25)17(31-21(24)30)9-12-7-14(22)18(16(8-12)28-2)29-10-13-5-3-4-6-15(13)23/h3-9,11H,10H2,1-2H3,(H,26,27)/p-1/b17-9-/t11-/m0/s1. The first-order valence-corrected chi connectivity index (χ1v) is 11.3. The summed E-state index contributed by atoms with van der Waals surface area (Å²) in [6, 6.07) is 9.69. The zero-order chi connectivity index (χ0) is 22.7. The number of hydrogen-bond donors (Lipinski definition) is 0. The minimum absolute atomic E-state index is 0.165. The van der Waals surface area contributed by atoms with Crippen molar-refractivity contribution in [3.8, 4) is 11.5 Å². The Hall–Kier alpha value is -2.07. The molecule has 2 aromatic rings. The van der Waals surface area contributed by atoms with Gasteiger partial charge in [0.25, 0.3) is 5.91 Å². The number of carboxylic acid groups (broad SMARTS) is 1. The lowest BCUT2D eigenvalue weighted by atomic mass is 10.1. The summed E-state index contributed by atoms with van der Waals surface area (Å²) in [5.74, 6) is -0.924. The highest BCUT2D eigenvalue weighted by atomic mass is 79.9. The lowest BCUT2D eigenvalue weighted by Gasteiger charge is -2.23. The van der Waals surface area contributed by atoms with Crippen LogP contribution in [0.4, 0.5) is 0 Å². The molecule has 1 fully saturated rings. The molecule has 1 heterocycles. The van der Waals surface area contributed by atoms with Gasteiger partial charge in [-0.1, -0.05) is 53.8 Å². The SMILES string of the molecule is COc1cc(/C=C2\SC(=S)N([C@@H](C)C(=O)[O-])C2=O)cc(Br)c1OCc1ccccc1Cl. The van der Waals surface area contributed by atoms with Gasteiger partial charge in [-0.2, -0.15) is 0 Å². The van der Waals surface area contributed by atoms with E-state index in [9.17, 15) is 14.7 Å². The van der Waals surface area contributed by atoms with Gasteiger partial charge in [-0.05, 0) is 52.7 Å². The predicted molar refractivity (Wildman–Crippen MR) is 126 cm³/mol. The Morgan fingerprint density at radius 3 is 2.74 bits per heavy atom. The molecule has 1 atom stereocenters. The third-order valence-electron chi connectivity index (χ3n) is 4.43. The van der Waals surface area contributed by atoms with Gasteiger partial charge < -0.3 is 19.4 Å². The number of methoxy groups -OCH3 is 1. The van der Waals surface area contributed by atoms with E-state index in [1.165, 1.54) is 14.0 Å². The van der Waals surface area contributed by atoms with Gasteiger partial charge in [-0.25, -0.2) is 0 Å². The van der Waals surface area contributed by atoms with Crippen LogP contribution in [0.5, 0.6) is 11.5 Å². The van der Waals surface area contributed by atoms with Crippen LogP contribution in [0, 0.1) is 0 Å². The summed E-state index contributed by atoms with van der Waals surface area (Å²) in [7, 11) is 1.51. The van der Waals surface area contributed by atoms with Gasteiger partial charge in [0, 0.05) is 10.6 Å². The average molecular weight is 542 g/mol. The maximum Gasteiger partial charge on any atom is 0.266 e. The Labute approximate surface area is 202 Å². The molecule has 0 spiro atoms. The first-order valence-electron chi connectivity index (χ1n) is 8.94. The normalized spacial score (nSPS) is 16.0. The number of benzene rings is 2. The number of carboxylic acids is 1. The molecule has 6 nitrogen and oxygen atoms in total. The lowest BCUT2D eigenvalue weighted by Crippen LogP contribution is -2.48. The topological polar surface area (TPSA) is 78.9 Å². The number of carbonyl (C=O) groups excluding carboxylic acids is 2. The fraction of sp³-hybridized carbons (Fsp3) is 0.190. The van der Waals surface area contributed by atoms with Gasteiger partial charge in [0.15, 0.2) is 11.5 Å². The molecule has 1 aliphatic rings. The molecule has 1 amide bonds. The van der Waals surface area contributed by atoms with Crippen LogP contribution in [-0.4, -0.2) is 34.2 Å². The first-order chi connectivity index (χ1) is 14.7. The summed E-state index contributed by atoms with van der Waals surface area (Å²) < 4.78 is 12.2. The highest BCUT2D eigenvalue weighted by Crippen LogP contribution is 2.40. The maximum atomic E-state index is 12.6. The molecule has 0 N–H and O–H groups in total. The number of ether oxygens (including phenoxy) is 2. The van der Waals surface area contributed by atoms with Crippen LogP contribution in [0.3, 0.4) is 0 Å². The maximum absolute atomic E-state index is 12.6. The number of carbonyl (C=O) groups is 2. The summed E-state index contributed by atoms with van der Waals surface area (Å²) >= 11 is 15.9. The van der Waals surface area contributed by atoms with E-state index in [0.29, 0.717) is 31.5 Å². The highest BCUT2D eigenvalue weighted by molar-refractivity contribution is 9.10. The van der Waals surface area contributed by atoms with Crippen molar-refractivity contribution in [2.24, 2.45) is 0 Å². The van der Waals surface area contributed by atoms with Gasteiger partial charge >= 0.3 is 0 Å². The molecular weight excluding hydrogens is 526 g/mol. The number of hydrogen-bond acceptors (Lipinski definition) is 7. The molecule has 0 aliphatic carbocycles. The first kappa shape index (κ1) is 23.6. The van der Waals surface area contributed by atoms with Crippen molar-refractivity contribution in [3.05, 3.63) is 61.9 Å². The van der Waals surface area contributed by atoms with E-state index < -0.39 is 17.9 Å². The van der Waals surface area contributed by atoms with Gasteiger partial charge in [-0.3, -0.25) is 9.69 Å². The molecule has 162 valence electrons.